The average molecular weight is 404 g/mol. The second kappa shape index (κ2) is 7.11. The van der Waals surface area contributed by atoms with Crippen molar-refractivity contribution >= 4 is 26.0 Å². The van der Waals surface area contributed by atoms with E-state index in [0.29, 0.717) is 0 Å². The number of rotatable bonds is 6. The van der Waals surface area contributed by atoms with E-state index in [1.807, 2.05) is 0 Å². The van der Waals surface area contributed by atoms with Gasteiger partial charge in [-0.3, -0.25) is 13.9 Å². The smallest absolute Gasteiger partial charge is 0.310 e. The Bertz CT molecular complexity index is 1040. The van der Waals surface area contributed by atoms with Crippen LogP contribution in [0.5, 0.6) is 5.75 Å². The summed E-state index contributed by atoms with van der Waals surface area (Å²) < 4.78 is 69.9. The van der Waals surface area contributed by atoms with Crippen LogP contribution in [0, 0.1) is 0 Å². The fourth-order valence-corrected chi connectivity index (χ4v) is 4.30. The quantitative estimate of drug-likeness (QED) is 0.292. The van der Waals surface area contributed by atoms with E-state index in [4.69, 9.17) is 10.2 Å². The van der Waals surface area contributed by atoms with Gasteiger partial charge in [0.25, 0.3) is 20.2 Å². The van der Waals surface area contributed by atoms with E-state index in [1.165, 1.54) is 24.3 Å². The summed E-state index contributed by atoms with van der Waals surface area (Å²) in [7, 11) is -10.7. The minimum Gasteiger partial charge on any atom is -0.440 e. The SMILES string of the molecule is O=C(c1ccccc1)c1ccc(OC(O)O)c(S(=O)(=O)O)c1S(=O)(=O)O. The molecule has 0 bridgehead atoms. The van der Waals surface area contributed by atoms with Gasteiger partial charge in [0.15, 0.2) is 10.7 Å². The number of carbonyl (C=O) groups excluding carboxylic acids is 1. The molecule has 0 aromatic heterocycles. The maximum Gasteiger partial charge on any atom is 0.310 e. The lowest BCUT2D eigenvalue weighted by molar-refractivity contribution is -0.180. The van der Waals surface area contributed by atoms with Crippen LogP contribution in [0.3, 0.4) is 0 Å². The molecule has 12 heteroatoms. The first-order valence-electron chi connectivity index (χ1n) is 6.67. The summed E-state index contributed by atoms with van der Waals surface area (Å²) in [4.78, 5) is 9.58. The Morgan fingerprint density at radius 2 is 1.38 bits per heavy atom. The summed E-state index contributed by atoms with van der Waals surface area (Å²) in [6.07, 6.45) is 0. The zero-order chi connectivity index (χ0) is 19.7. The van der Waals surface area contributed by atoms with E-state index in [1.54, 1.807) is 6.07 Å². The van der Waals surface area contributed by atoms with E-state index in [2.05, 4.69) is 4.74 Å². The highest BCUT2D eigenvalue weighted by molar-refractivity contribution is 7.89. The van der Waals surface area contributed by atoms with Crippen LogP contribution in [0.25, 0.3) is 0 Å². The minimum atomic E-state index is -5.37. The topological polar surface area (TPSA) is 176 Å². The first-order valence-corrected chi connectivity index (χ1v) is 9.55. The Labute approximate surface area is 147 Å². The third-order valence-corrected chi connectivity index (χ3v) is 5.10. The molecular formula is C14H12O10S2. The van der Waals surface area contributed by atoms with Crippen molar-refractivity contribution in [1.82, 2.24) is 0 Å². The highest BCUT2D eigenvalue weighted by atomic mass is 32.2. The number of hydrogen-bond donors (Lipinski definition) is 4. The predicted octanol–water partition coefficient (Wildman–Crippen LogP) is 0.0580. The molecule has 0 atom stereocenters. The van der Waals surface area contributed by atoms with Gasteiger partial charge in [-0.05, 0) is 12.1 Å². The molecule has 2 rings (SSSR count). The third kappa shape index (κ3) is 4.24. The van der Waals surface area contributed by atoms with Gasteiger partial charge in [0.05, 0.1) is 0 Å². The number of ether oxygens (including phenoxy) is 1. The predicted molar refractivity (Wildman–Crippen MR) is 84.8 cm³/mol. The third-order valence-electron chi connectivity index (χ3n) is 3.10. The van der Waals surface area contributed by atoms with Gasteiger partial charge < -0.3 is 14.9 Å². The van der Waals surface area contributed by atoms with Crippen LogP contribution in [0.15, 0.2) is 52.3 Å². The molecule has 0 saturated heterocycles. The summed E-state index contributed by atoms with van der Waals surface area (Å²) >= 11 is 0. The van der Waals surface area contributed by atoms with Crippen LogP contribution in [0.2, 0.25) is 0 Å². The molecule has 0 aliphatic heterocycles. The van der Waals surface area contributed by atoms with Crippen molar-refractivity contribution in [3.8, 4) is 5.75 Å². The van der Waals surface area contributed by atoms with Gasteiger partial charge in [-0.2, -0.15) is 16.8 Å². The van der Waals surface area contributed by atoms with Gasteiger partial charge in [0.2, 0.25) is 0 Å². The average Bonchev–Trinajstić information content (AvgIpc) is 2.52. The minimum absolute atomic E-state index is 0.0328. The van der Waals surface area contributed by atoms with Crippen molar-refractivity contribution < 1.29 is 45.7 Å². The van der Waals surface area contributed by atoms with E-state index in [-0.39, 0.29) is 5.56 Å². The second-order valence-corrected chi connectivity index (χ2v) is 7.58. The Morgan fingerprint density at radius 1 is 0.846 bits per heavy atom. The monoisotopic (exact) mass is 404 g/mol. The van der Waals surface area contributed by atoms with Crippen LogP contribution < -0.4 is 4.74 Å². The molecule has 140 valence electrons. The van der Waals surface area contributed by atoms with Gasteiger partial charge in [-0.1, -0.05) is 30.3 Å². The molecule has 0 unspecified atom stereocenters. The molecular weight excluding hydrogens is 392 g/mol. The van der Waals surface area contributed by atoms with Crippen LogP contribution in [0.4, 0.5) is 0 Å². The summed E-state index contributed by atoms with van der Waals surface area (Å²) in [5.74, 6) is -1.97. The Morgan fingerprint density at radius 3 is 1.85 bits per heavy atom. The van der Waals surface area contributed by atoms with Gasteiger partial charge in [-0.25, -0.2) is 0 Å². The van der Waals surface area contributed by atoms with Crippen molar-refractivity contribution in [3.05, 3.63) is 53.6 Å². The number of aliphatic hydroxyl groups excluding tert-OH is 1. The highest BCUT2D eigenvalue weighted by Gasteiger charge is 2.34. The molecule has 0 saturated carbocycles. The van der Waals surface area contributed by atoms with Crippen LogP contribution in [-0.4, -0.2) is 48.4 Å². The Hall–Kier alpha value is -2.35. The summed E-state index contributed by atoms with van der Waals surface area (Å²) in [5, 5.41) is 17.6. The molecule has 4 N–H and O–H groups in total. The number of benzene rings is 2. The van der Waals surface area contributed by atoms with E-state index < -0.39 is 53.6 Å². The molecule has 0 heterocycles. The maximum absolute atomic E-state index is 12.5. The standard InChI is InChI=1S/C14H12O10S2/c15-11(8-4-2-1-3-5-8)9-6-7-10(24-14(16)17)13(26(21,22)23)12(9)25(18,19)20/h1-7,14,16-17H,(H,18,19,20)(H,21,22,23). The van der Waals surface area contributed by atoms with E-state index in [0.717, 1.165) is 12.1 Å². The van der Waals surface area contributed by atoms with Gasteiger partial charge in [0, 0.05) is 11.1 Å². The summed E-state index contributed by atoms with van der Waals surface area (Å²) in [5.41, 5.74) is -0.805. The molecule has 0 aliphatic carbocycles. The lowest BCUT2D eigenvalue weighted by atomic mass is 10.0. The molecule has 0 spiro atoms. The fourth-order valence-electron chi connectivity index (χ4n) is 2.18. The van der Waals surface area contributed by atoms with Gasteiger partial charge in [-0.15, -0.1) is 0 Å². The Kier molecular flexibility index (Phi) is 5.46. The van der Waals surface area contributed by atoms with E-state index in [9.17, 15) is 30.7 Å². The zero-order valence-corrected chi connectivity index (χ0v) is 14.3. The largest absolute Gasteiger partial charge is 0.440 e. The summed E-state index contributed by atoms with van der Waals surface area (Å²) in [6, 6.07) is 8.64. The molecule has 26 heavy (non-hydrogen) atoms. The van der Waals surface area contributed by atoms with Gasteiger partial charge in [0.1, 0.15) is 10.6 Å². The second-order valence-electron chi connectivity index (χ2n) is 4.86. The molecule has 0 amide bonds. The zero-order valence-electron chi connectivity index (χ0n) is 12.7. The first-order chi connectivity index (χ1) is 11.9. The van der Waals surface area contributed by atoms with Crippen LogP contribution in [-0.2, 0) is 20.2 Å². The highest BCUT2D eigenvalue weighted by Crippen LogP contribution is 2.35. The number of ketones is 1. The molecule has 0 aliphatic rings. The number of carbonyl (C=O) groups is 1. The van der Waals surface area contributed by atoms with Crippen molar-refractivity contribution in [2.24, 2.45) is 0 Å². The van der Waals surface area contributed by atoms with Crippen molar-refractivity contribution in [1.29, 1.82) is 0 Å². The fraction of sp³-hybridized carbons (Fsp3) is 0.0714. The van der Waals surface area contributed by atoms with Crippen LogP contribution >= 0.6 is 0 Å². The van der Waals surface area contributed by atoms with Crippen molar-refractivity contribution in [3.63, 3.8) is 0 Å². The number of hydrogen-bond acceptors (Lipinski definition) is 8. The van der Waals surface area contributed by atoms with E-state index >= 15 is 0 Å². The van der Waals surface area contributed by atoms with Crippen molar-refractivity contribution in [2.45, 2.75) is 16.3 Å². The molecule has 2 aromatic carbocycles. The molecule has 10 nitrogen and oxygen atoms in total. The molecule has 2 aromatic rings. The molecule has 0 fully saturated rings. The van der Waals surface area contributed by atoms with Crippen molar-refractivity contribution in [2.75, 3.05) is 0 Å². The Balaban J connectivity index is 2.89. The first kappa shape index (κ1) is 20.0. The normalized spacial score (nSPS) is 12.2. The molecule has 0 radical (unpaired) electrons. The number of aliphatic hydroxyl groups is 2. The lowest BCUT2D eigenvalue weighted by Gasteiger charge is -2.16. The van der Waals surface area contributed by atoms with Gasteiger partial charge >= 0.3 is 6.48 Å². The van der Waals surface area contributed by atoms with Crippen LogP contribution in [0.1, 0.15) is 15.9 Å². The maximum atomic E-state index is 12.5. The lowest BCUT2D eigenvalue weighted by Crippen LogP contribution is -2.20. The summed E-state index contributed by atoms with van der Waals surface area (Å²) in [6.45, 7) is -2.57.